The summed E-state index contributed by atoms with van der Waals surface area (Å²) in [6.07, 6.45) is 1.84. The van der Waals surface area contributed by atoms with Crippen molar-refractivity contribution in [2.45, 2.75) is 33.6 Å². The molecule has 2 rings (SSSR count). The molecule has 0 atom stereocenters. The highest BCUT2D eigenvalue weighted by molar-refractivity contribution is 5.93. The van der Waals surface area contributed by atoms with Crippen molar-refractivity contribution in [1.82, 2.24) is 14.9 Å². The van der Waals surface area contributed by atoms with Crippen molar-refractivity contribution < 1.29 is 9.53 Å². The fraction of sp³-hybridized carbons (Fsp3) is 0.421. The summed E-state index contributed by atoms with van der Waals surface area (Å²) in [6, 6.07) is 9.26. The molecule has 1 amide bonds. The van der Waals surface area contributed by atoms with E-state index in [0.29, 0.717) is 17.3 Å². The molecule has 1 heterocycles. The largest absolute Gasteiger partial charge is 0.497 e. The standard InChI is InChI=1S/C19H26N4O2/c1-5-10-23(11-6-2)19(24)17-13-18(21-14(3)20-17)22-15-8-7-9-16(12-15)25-4/h7-9,12-13H,5-6,10-11H2,1-4H3,(H,20,21,22). The molecule has 0 aliphatic rings. The van der Waals surface area contributed by atoms with Gasteiger partial charge in [-0.05, 0) is 31.9 Å². The van der Waals surface area contributed by atoms with Crippen LogP contribution in [0.15, 0.2) is 30.3 Å². The van der Waals surface area contributed by atoms with Gasteiger partial charge in [0, 0.05) is 30.9 Å². The van der Waals surface area contributed by atoms with Crippen molar-refractivity contribution in [2.24, 2.45) is 0 Å². The highest BCUT2D eigenvalue weighted by Gasteiger charge is 2.17. The molecule has 0 saturated carbocycles. The molecule has 1 aromatic carbocycles. The lowest BCUT2D eigenvalue weighted by Gasteiger charge is -2.21. The molecule has 6 nitrogen and oxygen atoms in total. The number of hydrogen-bond donors (Lipinski definition) is 1. The van der Waals surface area contributed by atoms with E-state index in [1.807, 2.05) is 29.2 Å². The molecule has 134 valence electrons. The van der Waals surface area contributed by atoms with Gasteiger partial charge in [0.2, 0.25) is 0 Å². The number of rotatable bonds is 8. The van der Waals surface area contributed by atoms with Crippen molar-refractivity contribution in [3.05, 3.63) is 41.9 Å². The lowest BCUT2D eigenvalue weighted by Crippen LogP contribution is -2.33. The minimum atomic E-state index is -0.0529. The third-order valence-electron chi connectivity index (χ3n) is 3.67. The van der Waals surface area contributed by atoms with Crippen LogP contribution in [0.4, 0.5) is 11.5 Å². The first-order chi connectivity index (χ1) is 12.1. The number of carbonyl (C=O) groups is 1. The van der Waals surface area contributed by atoms with Crippen LogP contribution in [0.1, 0.15) is 43.0 Å². The molecule has 1 aromatic heterocycles. The summed E-state index contributed by atoms with van der Waals surface area (Å²) in [5, 5.41) is 3.22. The van der Waals surface area contributed by atoms with E-state index in [1.54, 1.807) is 20.1 Å². The molecule has 0 fully saturated rings. The Labute approximate surface area is 149 Å². The molecule has 0 aliphatic heterocycles. The van der Waals surface area contributed by atoms with Gasteiger partial charge in [-0.1, -0.05) is 19.9 Å². The molecule has 1 N–H and O–H groups in total. The number of anilines is 2. The number of hydrogen-bond acceptors (Lipinski definition) is 5. The first-order valence-corrected chi connectivity index (χ1v) is 8.63. The number of carbonyl (C=O) groups excluding carboxylic acids is 1. The number of benzene rings is 1. The maximum atomic E-state index is 12.8. The van der Waals surface area contributed by atoms with Crippen LogP contribution in [0.2, 0.25) is 0 Å². The first kappa shape index (κ1) is 18.7. The van der Waals surface area contributed by atoms with Crippen LogP contribution in [-0.2, 0) is 0 Å². The molecule has 0 radical (unpaired) electrons. The second kappa shape index (κ2) is 9.01. The lowest BCUT2D eigenvalue weighted by atomic mass is 10.2. The maximum absolute atomic E-state index is 12.8. The minimum absolute atomic E-state index is 0.0529. The maximum Gasteiger partial charge on any atom is 0.272 e. The Morgan fingerprint density at radius 3 is 2.52 bits per heavy atom. The number of amides is 1. The third kappa shape index (κ3) is 5.17. The molecular weight excluding hydrogens is 316 g/mol. The number of ether oxygens (including phenoxy) is 1. The van der Waals surface area contributed by atoms with Gasteiger partial charge in [0.05, 0.1) is 7.11 Å². The van der Waals surface area contributed by atoms with Crippen molar-refractivity contribution >= 4 is 17.4 Å². The number of aromatic nitrogens is 2. The smallest absolute Gasteiger partial charge is 0.272 e. The molecule has 2 aromatic rings. The molecule has 0 saturated heterocycles. The third-order valence-corrected chi connectivity index (χ3v) is 3.67. The number of nitrogens with zero attached hydrogens (tertiary/aromatic N) is 3. The van der Waals surface area contributed by atoms with Crippen LogP contribution in [0, 0.1) is 6.92 Å². The Balaban J connectivity index is 2.25. The van der Waals surface area contributed by atoms with E-state index in [0.717, 1.165) is 37.4 Å². The summed E-state index contributed by atoms with van der Waals surface area (Å²) in [4.78, 5) is 23.3. The average molecular weight is 342 g/mol. The van der Waals surface area contributed by atoms with Gasteiger partial charge < -0.3 is 15.0 Å². The number of methoxy groups -OCH3 is 1. The average Bonchev–Trinajstić information content (AvgIpc) is 2.60. The Kier molecular flexibility index (Phi) is 6.74. The van der Waals surface area contributed by atoms with E-state index in [9.17, 15) is 4.79 Å². The van der Waals surface area contributed by atoms with Crippen LogP contribution in [0.5, 0.6) is 5.75 Å². The van der Waals surface area contributed by atoms with Crippen LogP contribution in [0.25, 0.3) is 0 Å². The zero-order chi connectivity index (χ0) is 18.2. The van der Waals surface area contributed by atoms with Gasteiger partial charge in [-0.25, -0.2) is 9.97 Å². The number of aryl methyl sites for hydroxylation is 1. The molecular formula is C19H26N4O2. The number of nitrogens with one attached hydrogen (secondary N) is 1. The second-order valence-corrected chi connectivity index (χ2v) is 5.83. The monoisotopic (exact) mass is 342 g/mol. The van der Waals surface area contributed by atoms with E-state index < -0.39 is 0 Å². The molecule has 0 aliphatic carbocycles. The van der Waals surface area contributed by atoms with Crippen LogP contribution in [-0.4, -0.2) is 41.0 Å². The first-order valence-electron chi connectivity index (χ1n) is 8.63. The van der Waals surface area contributed by atoms with Crippen LogP contribution in [0.3, 0.4) is 0 Å². The van der Waals surface area contributed by atoms with Crippen molar-refractivity contribution in [3.63, 3.8) is 0 Å². The van der Waals surface area contributed by atoms with Crippen LogP contribution >= 0.6 is 0 Å². The predicted molar refractivity (Wildman–Crippen MR) is 99.5 cm³/mol. The van der Waals surface area contributed by atoms with E-state index in [4.69, 9.17) is 4.74 Å². The summed E-state index contributed by atoms with van der Waals surface area (Å²) < 4.78 is 5.23. The summed E-state index contributed by atoms with van der Waals surface area (Å²) in [7, 11) is 1.63. The fourth-order valence-electron chi connectivity index (χ4n) is 2.61. The van der Waals surface area contributed by atoms with Crippen molar-refractivity contribution in [2.75, 3.05) is 25.5 Å². The van der Waals surface area contributed by atoms with E-state index in [1.165, 1.54) is 0 Å². The van der Waals surface area contributed by atoms with E-state index in [-0.39, 0.29) is 5.91 Å². The Morgan fingerprint density at radius 2 is 1.88 bits per heavy atom. The van der Waals surface area contributed by atoms with Crippen LogP contribution < -0.4 is 10.1 Å². The highest BCUT2D eigenvalue weighted by atomic mass is 16.5. The zero-order valence-electron chi connectivity index (χ0n) is 15.4. The minimum Gasteiger partial charge on any atom is -0.497 e. The summed E-state index contributed by atoms with van der Waals surface area (Å²) in [5.74, 6) is 1.85. The summed E-state index contributed by atoms with van der Waals surface area (Å²) in [5.41, 5.74) is 1.26. The highest BCUT2D eigenvalue weighted by Crippen LogP contribution is 2.21. The lowest BCUT2D eigenvalue weighted by molar-refractivity contribution is 0.0749. The van der Waals surface area contributed by atoms with Gasteiger partial charge in [-0.2, -0.15) is 0 Å². The van der Waals surface area contributed by atoms with Gasteiger partial charge in [-0.15, -0.1) is 0 Å². The van der Waals surface area contributed by atoms with Crippen molar-refractivity contribution in [3.8, 4) is 5.75 Å². The Morgan fingerprint density at radius 1 is 1.16 bits per heavy atom. The Bertz CT molecular complexity index is 712. The molecule has 0 spiro atoms. The van der Waals surface area contributed by atoms with E-state index >= 15 is 0 Å². The topological polar surface area (TPSA) is 67.4 Å². The molecule has 0 unspecified atom stereocenters. The molecule has 25 heavy (non-hydrogen) atoms. The van der Waals surface area contributed by atoms with Crippen molar-refractivity contribution in [1.29, 1.82) is 0 Å². The summed E-state index contributed by atoms with van der Waals surface area (Å²) in [6.45, 7) is 7.38. The molecule has 0 bridgehead atoms. The molecule has 6 heteroatoms. The van der Waals surface area contributed by atoms with Gasteiger partial charge in [-0.3, -0.25) is 4.79 Å². The normalized spacial score (nSPS) is 10.4. The quantitative estimate of drug-likeness (QED) is 0.790. The van der Waals surface area contributed by atoms with E-state index in [2.05, 4.69) is 29.1 Å². The van der Waals surface area contributed by atoms with Gasteiger partial charge in [0.25, 0.3) is 5.91 Å². The zero-order valence-corrected chi connectivity index (χ0v) is 15.4. The van der Waals surface area contributed by atoms with Gasteiger partial charge in [0.1, 0.15) is 23.1 Å². The Hall–Kier alpha value is -2.63. The SMILES string of the molecule is CCCN(CCC)C(=O)c1cc(Nc2cccc(OC)c2)nc(C)n1. The second-order valence-electron chi connectivity index (χ2n) is 5.83. The fourth-order valence-corrected chi connectivity index (χ4v) is 2.61. The predicted octanol–water partition coefficient (Wildman–Crippen LogP) is 3.80. The van der Waals surface area contributed by atoms with Gasteiger partial charge >= 0.3 is 0 Å². The summed E-state index contributed by atoms with van der Waals surface area (Å²) >= 11 is 0. The van der Waals surface area contributed by atoms with Gasteiger partial charge in [0.15, 0.2) is 0 Å².